The predicted molar refractivity (Wildman–Crippen MR) is 99.6 cm³/mol. The highest BCUT2D eigenvalue weighted by Gasteiger charge is 2.27. The normalized spacial score (nSPS) is 17.9. The maximum absolute atomic E-state index is 6.28. The van der Waals surface area contributed by atoms with Crippen LogP contribution in [0, 0.1) is 0 Å². The van der Waals surface area contributed by atoms with Gasteiger partial charge in [-0.05, 0) is 37.8 Å². The van der Waals surface area contributed by atoms with Crippen molar-refractivity contribution in [3.8, 4) is 0 Å². The van der Waals surface area contributed by atoms with Gasteiger partial charge in [0.15, 0.2) is 0 Å². The molecule has 24 heavy (non-hydrogen) atoms. The fraction of sp³-hybridized carbons (Fsp3) is 0.444. The summed E-state index contributed by atoms with van der Waals surface area (Å²) in [5, 5.41) is 7.83. The minimum atomic E-state index is 0.488. The lowest BCUT2D eigenvalue weighted by Crippen LogP contribution is -2.17. The quantitative estimate of drug-likeness (QED) is 0.709. The zero-order chi connectivity index (χ0) is 16.5. The highest BCUT2D eigenvalue weighted by atomic mass is 35.5. The van der Waals surface area contributed by atoms with Crippen molar-refractivity contribution in [2.45, 2.75) is 50.5 Å². The van der Waals surface area contributed by atoms with E-state index in [9.17, 15) is 0 Å². The van der Waals surface area contributed by atoms with Gasteiger partial charge in [0.2, 0.25) is 5.95 Å². The number of nitrogens with zero attached hydrogens (tertiary/aromatic N) is 2. The van der Waals surface area contributed by atoms with E-state index in [4.69, 9.17) is 28.2 Å². The van der Waals surface area contributed by atoms with Gasteiger partial charge in [-0.25, -0.2) is 4.98 Å². The monoisotopic (exact) mass is 362 g/mol. The van der Waals surface area contributed by atoms with Crippen LogP contribution in [0.2, 0.25) is 10.0 Å². The zero-order valence-corrected chi connectivity index (χ0v) is 14.9. The molecule has 2 aliphatic rings. The molecular formula is C18H20Cl2N4. The zero-order valence-electron chi connectivity index (χ0n) is 13.4. The Bertz CT molecular complexity index is 740. The van der Waals surface area contributed by atoms with Crippen LogP contribution in [0.15, 0.2) is 24.3 Å². The van der Waals surface area contributed by atoms with Crippen molar-refractivity contribution in [1.29, 1.82) is 0 Å². The fourth-order valence-electron chi connectivity index (χ4n) is 3.17. The molecule has 1 heterocycles. The molecule has 0 spiro atoms. The van der Waals surface area contributed by atoms with Crippen LogP contribution >= 0.6 is 23.2 Å². The van der Waals surface area contributed by atoms with Crippen molar-refractivity contribution < 1.29 is 0 Å². The van der Waals surface area contributed by atoms with Gasteiger partial charge in [0.25, 0.3) is 0 Å². The molecule has 0 unspecified atom stereocenters. The van der Waals surface area contributed by atoms with E-state index in [0.29, 0.717) is 28.0 Å². The lowest BCUT2D eigenvalue weighted by Gasteiger charge is -2.15. The Morgan fingerprint density at radius 1 is 1.00 bits per heavy atom. The van der Waals surface area contributed by atoms with Crippen molar-refractivity contribution in [2.75, 3.05) is 10.6 Å². The second kappa shape index (κ2) is 6.77. The largest absolute Gasteiger partial charge is 0.351 e. The van der Waals surface area contributed by atoms with Crippen LogP contribution in [0.25, 0.3) is 0 Å². The van der Waals surface area contributed by atoms with Gasteiger partial charge >= 0.3 is 0 Å². The molecule has 0 saturated heterocycles. The number of rotatable bonds is 5. The number of anilines is 3. The summed E-state index contributed by atoms with van der Waals surface area (Å²) in [6.45, 7) is 0. The second-order valence-electron chi connectivity index (χ2n) is 6.63. The Morgan fingerprint density at radius 3 is 2.54 bits per heavy atom. The highest BCUT2D eigenvalue weighted by molar-refractivity contribution is 6.43. The van der Waals surface area contributed by atoms with E-state index >= 15 is 0 Å². The summed E-state index contributed by atoms with van der Waals surface area (Å²) in [5.41, 5.74) is 1.86. The molecule has 0 amide bonds. The lowest BCUT2D eigenvalue weighted by atomic mass is 10.2. The number of halogens is 2. The first kappa shape index (κ1) is 16.0. The SMILES string of the molecule is Clc1cccc(Nc2cc(C3CC3)nc(NC3CCCC3)n2)c1Cl. The van der Waals surface area contributed by atoms with Gasteiger partial charge in [-0.1, -0.05) is 42.1 Å². The molecule has 0 aliphatic heterocycles. The van der Waals surface area contributed by atoms with E-state index in [1.807, 2.05) is 18.2 Å². The van der Waals surface area contributed by atoms with Crippen molar-refractivity contribution in [2.24, 2.45) is 0 Å². The Balaban J connectivity index is 1.61. The first-order valence-electron chi connectivity index (χ1n) is 8.55. The molecule has 1 aromatic carbocycles. The fourth-order valence-corrected chi connectivity index (χ4v) is 3.52. The minimum Gasteiger partial charge on any atom is -0.351 e. The average molecular weight is 363 g/mol. The Hall–Kier alpha value is -1.52. The van der Waals surface area contributed by atoms with Gasteiger partial charge in [0.05, 0.1) is 21.4 Å². The van der Waals surface area contributed by atoms with Gasteiger partial charge in [0, 0.05) is 18.0 Å². The lowest BCUT2D eigenvalue weighted by molar-refractivity contribution is 0.742. The maximum Gasteiger partial charge on any atom is 0.225 e. The summed E-state index contributed by atoms with van der Waals surface area (Å²) in [6.07, 6.45) is 7.36. The Labute approximate surface area is 152 Å². The Morgan fingerprint density at radius 2 is 1.79 bits per heavy atom. The number of benzene rings is 1. The summed E-state index contributed by atoms with van der Waals surface area (Å²) in [4.78, 5) is 9.36. The maximum atomic E-state index is 6.28. The summed E-state index contributed by atoms with van der Waals surface area (Å²) in [5.74, 6) is 2.04. The standard InChI is InChI=1S/C18H20Cl2N4/c19-13-6-3-7-14(17(13)20)22-16-10-15(11-8-9-11)23-18(24-16)21-12-4-1-2-5-12/h3,6-7,10-12H,1-2,4-5,8-9H2,(H2,21,22,23,24). The molecule has 0 bridgehead atoms. The molecule has 1 aromatic heterocycles. The molecule has 6 heteroatoms. The topological polar surface area (TPSA) is 49.8 Å². The molecule has 2 fully saturated rings. The van der Waals surface area contributed by atoms with Crippen molar-refractivity contribution in [3.63, 3.8) is 0 Å². The van der Waals surface area contributed by atoms with E-state index in [1.165, 1.54) is 38.5 Å². The van der Waals surface area contributed by atoms with Crippen LogP contribution in [0.3, 0.4) is 0 Å². The van der Waals surface area contributed by atoms with Crippen LogP contribution in [-0.4, -0.2) is 16.0 Å². The van der Waals surface area contributed by atoms with E-state index < -0.39 is 0 Å². The van der Waals surface area contributed by atoms with Crippen LogP contribution in [0.1, 0.15) is 50.1 Å². The molecule has 2 saturated carbocycles. The summed E-state index contributed by atoms with van der Waals surface area (Å²) in [7, 11) is 0. The molecular weight excluding hydrogens is 343 g/mol. The molecule has 2 aromatic rings. The number of hydrogen-bond donors (Lipinski definition) is 2. The van der Waals surface area contributed by atoms with E-state index in [1.54, 1.807) is 6.07 Å². The average Bonchev–Trinajstić information content (AvgIpc) is 3.30. The summed E-state index contributed by atoms with van der Waals surface area (Å²) in [6, 6.07) is 8.06. The van der Waals surface area contributed by atoms with E-state index in [-0.39, 0.29) is 0 Å². The molecule has 2 N–H and O–H groups in total. The van der Waals surface area contributed by atoms with Gasteiger partial charge in [-0.15, -0.1) is 0 Å². The van der Waals surface area contributed by atoms with Gasteiger partial charge in [-0.2, -0.15) is 4.98 Å². The van der Waals surface area contributed by atoms with Crippen molar-refractivity contribution in [3.05, 3.63) is 40.0 Å². The molecule has 2 aliphatic carbocycles. The number of hydrogen-bond acceptors (Lipinski definition) is 4. The highest BCUT2D eigenvalue weighted by Crippen LogP contribution is 2.40. The second-order valence-corrected chi connectivity index (χ2v) is 7.41. The van der Waals surface area contributed by atoms with Gasteiger partial charge in [0.1, 0.15) is 5.82 Å². The van der Waals surface area contributed by atoms with Gasteiger partial charge in [-0.3, -0.25) is 0 Å². The molecule has 4 rings (SSSR count). The summed E-state index contributed by atoms with van der Waals surface area (Å²) < 4.78 is 0. The minimum absolute atomic E-state index is 0.488. The van der Waals surface area contributed by atoms with Crippen LogP contribution < -0.4 is 10.6 Å². The van der Waals surface area contributed by atoms with E-state index in [0.717, 1.165) is 17.2 Å². The summed E-state index contributed by atoms with van der Waals surface area (Å²) >= 11 is 12.4. The molecule has 4 nitrogen and oxygen atoms in total. The number of aromatic nitrogens is 2. The third-order valence-electron chi connectivity index (χ3n) is 4.64. The molecule has 126 valence electrons. The number of nitrogens with one attached hydrogen (secondary N) is 2. The first-order chi connectivity index (χ1) is 11.7. The van der Waals surface area contributed by atoms with Gasteiger partial charge < -0.3 is 10.6 Å². The first-order valence-corrected chi connectivity index (χ1v) is 9.31. The van der Waals surface area contributed by atoms with Crippen LogP contribution in [0.5, 0.6) is 0 Å². The predicted octanol–water partition coefficient (Wildman–Crippen LogP) is 5.76. The van der Waals surface area contributed by atoms with Crippen LogP contribution in [0.4, 0.5) is 17.5 Å². The Kier molecular flexibility index (Phi) is 4.51. The van der Waals surface area contributed by atoms with Crippen molar-refractivity contribution in [1.82, 2.24) is 9.97 Å². The third kappa shape index (κ3) is 3.60. The third-order valence-corrected chi connectivity index (χ3v) is 5.46. The van der Waals surface area contributed by atoms with Crippen molar-refractivity contribution >= 4 is 40.7 Å². The molecule has 0 radical (unpaired) electrons. The smallest absolute Gasteiger partial charge is 0.225 e. The van der Waals surface area contributed by atoms with E-state index in [2.05, 4.69) is 15.6 Å². The molecule has 0 atom stereocenters. The van der Waals surface area contributed by atoms with Crippen LogP contribution in [-0.2, 0) is 0 Å².